The molecule has 1 aliphatic heterocycles. The van der Waals surface area contributed by atoms with Gasteiger partial charge in [0.15, 0.2) is 0 Å². The number of ether oxygens (including phenoxy) is 1. The van der Waals surface area contributed by atoms with Gasteiger partial charge in [-0.2, -0.15) is 0 Å². The number of carbonyl (C=O) groups excluding carboxylic acids is 3. The highest BCUT2D eigenvalue weighted by molar-refractivity contribution is 6.40. The average molecular weight is 500 g/mol. The van der Waals surface area contributed by atoms with E-state index in [4.69, 9.17) is 16.3 Å². The third-order valence-electron chi connectivity index (χ3n) is 6.22. The number of anilines is 1. The zero-order valence-corrected chi connectivity index (χ0v) is 20.4. The number of urea groups is 1. The van der Waals surface area contributed by atoms with Crippen LogP contribution in [-0.4, -0.2) is 29.5 Å². The third-order valence-corrected chi connectivity index (χ3v) is 6.51. The fourth-order valence-corrected chi connectivity index (χ4v) is 4.59. The van der Waals surface area contributed by atoms with Crippen LogP contribution in [0, 0.1) is 6.92 Å². The molecule has 7 nitrogen and oxygen atoms in total. The summed E-state index contributed by atoms with van der Waals surface area (Å²) in [7, 11) is 1.47. The van der Waals surface area contributed by atoms with Crippen LogP contribution < -0.4 is 15.0 Å². The maximum absolute atomic E-state index is 13.4. The van der Waals surface area contributed by atoms with Crippen LogP contribution in [0.1, 0.15) is 16.7 Å². The van der Waals surface area contributed by atoms with E-state index in [2.05, 4.69) is 28.9 Å². The van der Waals surface area contributed by atoms with Crippen molar-refractivity contribution < 1.29 is 19.1 Å². The summed E-state index contributed by atoms with van der Waals surface area (Å²) >= 11 is 6.21. The highest BCUT2D eigenvalue weighted by atomic mass is 35.5. The van der Waals surface area contributed by atoms with Gasteiger partial charge >= 0.3 is 6.03 Å². The zero-order chi connectivity index (χ0) is 25.4. The molecule has 0 radical (unpaired) electrons. The molecule has 4 amide bonds. The van der Waals surface area contributed by atoms with Crippen molar-refractivity contribution in [2.75, 3.05) is 12.0 Å². The Morgan fingerprint density at radius 3 is 2.50 bits per heavy atom. The molecule has 3 aromatic carbocycles. The number of benzene rings is 3. The number of imide groups is 2. The summed E-state index contributed by atoms with van der Waals surface area (Å²) in [6.45, 7) is 2.69. The number of nitrogens with zero attached hydrogens (tertiary/aromatic N) is 2. The van der Waals surface area contributed by atoms with Gasteiger partial charge in [0, 0.05) is 29.2 Å². The molecule has 1 N–H and O–H groups in total. The van der Waals surface area contributed by atoms with Crippen LogP contribution in [0.2, 0.25) is 5.02 Å². The normalized spacial score (nSPS) is 15.0. The lowest BCUT2D eigenvalue weighted by Crippen LogP contribution is -2.54. The predicted molar refractivity (Wildman–Crippen MR) is 139 cm³/mol. The van der Waals surface area contributed by atoms with Crippen LogP contribution in [0.15, 0.2) is 78.5 Å². The summed E-state index contributed by atoms with van der Waals surface area (Å²) in [4.78, 5) is 39.6. The second kappa shape index (κ2) is 9.36. The van der Waals surface area contributed by atoms with Gasteiger partial charge in [0.05, 0.1) is 17.8 Å². The number of amides is 4. The maximum atomic E-state index is 13.4. The van der Waals surface area contributed by atoms with Gasteiger partial charge in [-0.05, 0) is 48.4 Å². The molecule has 0 saturated carbocycles. The van der Waals surface area contributed by atoms with E-state index in [1.165, 1.54) is 30.9 Å². The number of para-hydroxylation sites is 1. The van der Waals surface area contributed by atoms with Crippen LogP contribution in [0.3, 0.4) is 0 Å². The van der Waals surface area contributed by atoms with E-state index in [1.54, 1.807) is 6.07 Å². The van der Waals surface area contributed by atoms with Crippen molar-refractivity contribution in [2.45, 2.75) is 13.5 Å². The first-order chi connectivity index (χ1) is 17.4. The number of halogens is 1. The Kier molecular flexibility index (Phi) is 6.08. The standard InChI is InChI=1S/C28H22ClN3O4/c1-17-7-3-4-8-18(17)15-31-16-19(21-9-5-6-10-24(21)31)13-22-26(33)30-28(35)32(27(22)34)20-11-12-25(36-2)23(29)14-20/h3-14,16H,15H2,1-2H3,(H,30,33,35)/b22-13-. The first-order valence-electron chi connectivity index (χ1n) is 11.2. The number of hydrogen-bond acceptors (Lipinski definition) is 4. The monoisotopic (exact) mass is 499 g/mol. The van der Waals surface area contributed by atoms with Crippen LogP contribution in [0.4, 0.5) is 10.5 Å². The van der Waals surface area contributed by atoms with Gasteiger partial charge in [0.1, 0.15) is 11.3 Å². The Morgan fingerprint density at radius 2 is 1.75 bits per heavy atom. The fraction of sp³-hybridized carbons (Fsp3) is 0.107. The Morgan fingerprint density at radius 1 is 1.00 bits per heavy atom. The first-order valence-corrected chi connectivity index (χ1v) is 11.6. The molecular formula is C28H22ClN3O4. The van der Waals surface area contributed by atoms with Gasteiger partial charge in [0.2, 0.25) is 0 Å². The van der Waals surface area contributed by atoms with Crippen molar-refractivity contribution in [1.82, 2.24) is 9.88 Å². The number of aryl methyl sites for hydroxylation is 1. The highest BCUT2D eigenvalue weighted by Crippen LogP contribution is 2.32. The van der Waals surface area contributed by atoms with Crippen LogP contribution >= 0.6 is 11.6 Å². The molecule has 0 unspecified atom stereocenters. The molecule has 0 atom stereocenters. The molecule has 0 bridgehead atoms. The first kappa shape index (κ1) is 23.4. The molecule has 2 heterocycles. The number of hydrogen-bond donors (Lipinski definition) is 1. The van der Waals surface area contributed by atoms with Crippen LogP contribution in [-0.2, 0) is 16.1 Å². The van der Waals surface area contributed by atoms with Crippen molar-refractivity contribution in [3.63, 3.8) is 0 Å². The molecule has 36 heavy (non-hydrogen) atoms. The van der Waals surface area contributed by atoms with E-state index in [9.17, 15) is 14.4 Å². The van der Waals surface area contributed by atoms with Crippen molar-refractivity contribution in [1.29, 1.82) is 0 Å². The average Bonchev–Trinajstić information content (AvgIpc) is 3.20. The quantitative estimate of drug-likeness (QED) is 0.297. The fourth-order valence-electron chi connectivity index (χ4n) is 4.33. The molecule has 1 fully saturated rings. The van der Waals surface area contributed by atoms with Crippen molar-refractivity contribution in [2.24, 2.45) is 0 Å². The zero-order valence-electron chi connectivity index (χ0n) is 19.6. The molecule has 1 aliphatic rings. The van der Waals surface area contributed by atoms with Gasteiger partial charge in [-0.1, -0.05) is 54.1 Å². The summed E-state index contributed by atoms with van der Waals surface area (Å²) in [5.74, 6) is -1.09. The van der Waals surface area contributed by atoms with Crippen LogP contribution in [0.5, 0.6) is 5.75 Å². The molecule has 1 saturated heterocycles. The largest absolute Gasteiger partial charge is 0.495 e. The molecule has 0 spiro atoms. The molecule has 5 rings (SSSR count). The number of aromatic nitrogens is 1. The minimum atomic E-state index is -0.842. The predicted octanol–water partition coefficient (Wildman–Crippen LogP) is 5.33. The minimum absolute atomic E-state index is 0.152. The summed E-state index contributed by atoms with van der Waals surface area (Å²) in [5, 5.41) is 3.37. The number of rotatable bonds is 5. The van der Waals surface area contributed by atoms with Crippen molar-refractivity contribution in [3.8, 4) is 5.75 Å². The second-order valence-electron chi connectivity index (χ2n) is 8.43. The number of fused-ring (bicyclic) bond motifs is 1. The van der Waals surface area contributed by atoms with E-state index in [0.29, 0.717) is 17.9 Å². The Hall–Kier alpha value is -4.36. The van der Waals surface area contributed by atoms with E-state index in [1.807, 2.05) is 42.6 Å². The SMILES string of the molecule is COc1ccc(N2C(=O)NC(=O)/C(=C/c3cn(Cc4ccccc4C)c4ccccc34)C2=O)cc1Cl. The Bertz CT molecular complexity index is 1570. The smallest absolute Gasteiger partial charge is 0.335 e. The van der Waals surface area contributed by atoms with Crippen molar-refractivity contribution >= 4 is 52.1 Å². The van der Waals surface area contributed by atoms with Gasteiger partial charge in [0.25, 0.3) is 11.8 Å². The van der Waals surface area contributed by atoms with E-state index in [0.717, 1.165) is 21.4 Å². The Balaban J connectivity index is 1.56. The lowest BCUT2D eigenvalue weighted by atomic mass is 10.1. The molecule has 4 aromatic rings. The van der Waals surface area contributed by atoms with Crippen LogP contribution in [0.25, 0.3) is 17.0 Å². The highest BCUT2D eigenvalue weighted by Gasteiger charge is 2.37. The Labute approximate surface area is 212 Å². The summed E-state index contributed by atoms with van der Waals surface area (Å²) in [6, 6.07) is 19.6. The number of methoxy groups -OCH3 is 1. The number of carbonyl (C=O) groups is 3. The van der Waals surface area contributed by atoms with Gasteiger partial charge in [-0.3, -0.25) is 14.9 Å². The lowest BCUT2D eigenvalue weighted by molar-refractivity contribution is -0.122. The second-order valence-corrected chi connectivity index (χ2v) is 8.84. The lowest BCUT2D eigenvalue weighted by Gasteiger charge is -2.26. The topological polar surface area (TPSA) is 80.6 Å². The summed E-state index contributed by atoms with van der Waals surface area (Å²) in [6.07, 6.45) is 3.44. The number of barbiturate groups is 1. The minimum Gasteiger partial charge on any atom is -0.495 e. The van der Waals surface area contributed by atoms with E-state index >= 15 is 0 Å². The van der Waals surface area contributed by atoms with E-state index in [-0.39, 0.29) is 16.3 Å². The molecular weight excluding hydrogens is 478 g/mol. The molecule has 0 aliphatic carbocycles. The maximum Gasteiger partial charge on any atom is 0.335 e. The molecule has 180 valence electrons. The van der Waals surface area contributed by atoms with E-state index < -0.39 is 17.8 Å². The third kappa shape index (κ3) is 4.14. The number of nitrogens with one attached hydrogen (secondary N) is 1. The summed E-state index contributed by atoms with van der Waals surface area (Å²) in [5.41, 5.74) is 4.07. The van der Waals surface area contributed by atoms with Gasteiger partial charge < -0.3 is 9.30 Å². The summed E-state index contributed by atoms with van der Waals surface area (Å²) < 4.78 is 7.23. The van der Waals surface area contributed by atoms with Gasteiger partial charge in [-0.15, -0.1) is 0 Å². The molecule has 8 heteroatoms. The van der Waals surface area contributed by atoms with Gasteiger partial charge in [-0.25, -0.2) is 9.69 Å². The van der Waals surface area contributed by atoms with Crippen molar-refractivity contribution in [3.05, 3.63) is 100 Å². The molecule has 1 aromatic heterocycles.